The van der Waals surface area contributed by atoms with Gasteiger partial charge in [0.05, 0.1) is 0 Å². The maximum Gasteiger partial charge on any atom is 0.257 e. The van der Waals surface area contributed by atoms with Crippen LogP contribution in [-0.4, -0.2) is 22.4 Å². The lowest BCUT2D eigenvalue weighted by Gasteiger charge is -2.08. The maximum atomic E-state index is 12.3. The Labute approximate surface area is 117 Å². The molecule has 2 rings (SSSR count). The summed E-state index contributed by atoms with van der Waals surface area (Å²) in [6, 6.07) is 5.88. The molecule has 1 heterocycles. The van der Waals surface area contributed by atoms with E-state index in [0.29, 0.717) is 11.4 Å². The van der Waals surface area contributed by atoms with Crippen molar-refractivity contribution in [2.24, 2.45) is 0 Å². The summed E-state index contributed by atoms with van der Waals surface area (Å²) in [4.78, 5) is 13.4. The van der Waals surface area contributed by atoms with E-state index in [1.54, 1.807) is 11.8 Å². The molecule has 2 N–H and O–H groups in total. The molecule has 0 fully saturated rings. The number of nitrogens with one attached hydrogen (secondary N) is 2. The van der Waals surface area contributed by atoms with Crippen LogP contribution in [-0.2, 0) is 0 Å². The second kappa shape index (κ2) is 5.48. The monoisotopic (exact) mass is 275 g/mol. The number of carbonyl (C=O) groups excluding carboxylic acids is 1. The maximum absolute atomic E-state index is 12.3. The Kier molecular flexibility index (Phi) is 3.95. The van der Waals surface area contributed by atoms with Crippen LogP contribution in [0.4, 0.5) is 5.82 Å². The summed E-state index contributed by atoms with van der Waals surface area (Å²) < 4.78 is 0. The highest BCUT2D eigenvalue weighted by Crippen LogP contribution is 2.21. The second-order valence-corrected chi connectivity index (χ2v) is 5.34. The summed E-state index contributed by atoms with van der Waals surface area (Å²) in [6.45, 7) is 5.79. The van der Waals surface area contributed by atoms with Gasteiger partial charge in [0.2, 0.25) is 0 Å². The topological polar surface area (TPSA) is 57.8 Å². The Morgan fingerprint density at radius 1 is 1.32 bits per heavy atom. The van der Waals surface area contributed by atoms with Crippen molar-refractivity contribution in [1.29, 1.82) is 0 Å². The van der Waals surface area contributed by atoms with E-state index in [9.17, 15) is 4.79 Å². The van der Waals surface area contributed by atoms with E-state index in [1.807, 2.05) is 45.2 Å². The van der Waals surface area contributed by atoms with Gasteiger partial charge >= 0.3 is 0 Å². The number of thioether (sulfide) groups is 1. The van der Waals surface area contributed by atoms with Gasteiger partial charge in [-0.1, -0.05) is 6.07 Å². The average molecular weight is 275 g/mol. The van der Waals surface area contributed by atoms with Gasteiger partial charge in [0.25, 0.3) is 5.91 Å². The van der Waals surface area contributed by atoms with Crippen LogP contribution in [0.2, 0.25) is 0 Å². The largest absolute Gasteiger partial charge is 0.305 e. The Hall–Kier alpha value is -1.75. The van der Waals surface area contributed by atoms with Gasteiger partial charge in [-0.15, -0.1) is 11.8 Å². The van der Waals surface area contributed by atoms with Gasteiger partial charge in [-0.25, -0.2) is 0 Å². The first kappa shape index (κ1) is 13.7. The van der Waals surface area contributed by atoms with Gasteiger partial charge in [-0.05, 0) is 44.7 Å². The molecule has 0 aliphatic carbocycles. The molecule has 0 unspecified atom stereocenters. The summed E-state index contributed by atoms with van der Waals surface area (Å²) in [6.07, 6.45) is 1.99. The molecule has 1 amide bonds. The number of carbonyl (C=O) groups is 1. The average Bonchev–Trinajstić information content (AvgIpc) is 2.71. The summed E-state index contributed by atoms with van der Waals surface area (Å²) in [7, 11) is 0. The fraction of sp³-hybridized carbons (Fsp3) is 0.286. The minimum Gasteiger partial charge on any atom is -0.305 e. The molecule has 2 aromatic rings. The number of aromatic amines is 1. The Balaban J connectivity index is 2.27. The molecule has 0 aliphatic heterocycles. The molecule has 1 aromatic carbocycles. The van der Waals surface area contributed by atoms with Gasteiger partial charge in [-0.3, -0.25) is 9.89 Å². The Bertz CT molecular complexity index is 619. The van der Waals surface area contributed by atoms with E-state index in [0.717, 1.165) is 21.7 Å². The summed E-state index contributed by atoms with van der Waals surface area (Å²) in [5.41, 5.74) is 3.57. The predicted molar refractivity (Wildman–Crippen MR) is 79.0 cm³/mol. The van der Waals surface area contributed by atoms with Gasteiger partial charge in [0.1, 0.15) is 0 Å². The molecule has 4 nitrogen and oxygen atoms in total. The number of H-pyrrole nitrogens is 1. The zero-order valence-corrected chi connectivity index (χ0v) is 12.3. The number of nitrogens with zero attached hydrogens (tertiary/aromatic N) is 1. The van der Waals surface area contributed by atoms with Crippen molar-refractivity contribution in [2.75, 3.05) is 11.6 Å². The SMILES string of the molecule is CSc1ccc(C)c(C(=O)Nc2n[nH]c(C)c2C)c1. The second-order valence-electron chi connectivity index (χ2n) is 4.46. The molecule has 0 radical (unpaired) electrons. The molecule has 5 heteroatoms. The van der Waals surface area contributed by atoms with Crippen molar-refractivity contribution >= 4 is 23.5 Å². The zero-order valence-electron chi connectivity index (χ0n) is 11.5. The number of amides is 1. The fourth-order valence-electron chi connectivity index (χ4n) is 1.75. The lowest BCUT2D eigenvalue weighted by Crippen LogP contribution is -2.14. The number of hydrogen-bond donors (Lipinski definition) is 2. The van der Waals surface area contributed by atoms with E-state index in [-0.39, 0.29) is 5.91 Å². The third-order valence-electron chi connectivity index (χ3n) is 3.17. The Morgan fingerprint density at radius 3 is 2.63 bits per heavy atom. The smallest absolute Gasteiger partial charge is 0.257 e. The van der Waals surface area contributed by atoms with Gasteiger partial charge in [0.15, 0.2) is 5.82 Å². The van der Waals surface area contributed by atoms with Crippen LogP contribution in [0.3, 0.4) is 0 Å². The van der Waals surface area contributed by atoms with Crippen LogP contribution >= 0.6 is 11.8 Å². The van der Waals surface area contributed by atoms with Crippen LogP contribution < -0.4 is 5.32 Å². The molecule has 0 saturated heterocycles. The minimum atomic E-state index is -0.122. The normalized spacial score (nSPS) is 10.5. The zero-order chi connectivity index (χ0) is 14.0. The molecule has 0 aliphatic rings. The fourth-order valence-corrected chi connectivity index (χ4v) is 2.19. The molecule has 0 bridgehead atoms. The number of anilines is 1. The van der Waals surface area contributed by atoms with Crippen molar-refractivity contribution in [2.45, 2.75) is 25.7 Å². The highest BCUT2D eigenvalue weighted by atomic mass is 32.2. The highest BCUT2D eigenvalue weighted by Gasteiger charge is 2.13. The molecule has 100 valence electrons. The van der Waals surface area contributed by atoms with Crippen molar-refractivity contribution in [3.8, 4) is 0 Å². The van der Waals surface area contributed by atoms with Crippen LogP contribution in [0.15, 0.2) is 23.1 Å². The number of benzene rings is 1. The first-order valence-corrected chi connectivity index (χ1v) is 7.23. The molecule has 0 spiro atoms. The Morgan fingerprint density at radius 2 is 2.05 bits per heavy atom. The first-order chi connectivity index (χ1) is 9.02. The van der Waals surface area contributed by atoms with Crippen molar-refractivity contribution in [3.63, 3.8) is 0 Å². The van der Waals surface area contributed by atoms with Gasteiger partial charge in [0, 0.05) is 21.7 Å². The standard InChI is InChI=1S/C14H17N3OS/c1-8-5-6-11(19-4)7-12(8)14(18)15-13-9(2)10(3)16-17-13/h5-7H,1-4H3,(H2,15,16,17,18). The summed E-state index contributed by atoms with van der Waals surface area (Å²) in [5.74, 6) is 0.472. The molecule has 1 aromatic heterocycles. The number of aryl methyl sites for hydroxylation is 2. The lowest BCUT2D eigenvalue weighted by molar-refractivity contribution is 0.102. The summed E-state index contributed by atoms with van der Waals surface area (Å²) >= 11 is 1.62. The molecular formula is C14H17N3OS. The quantitative estimate of drug-likeness (QED) is 0.845. The van der Waals surface area contributed by atoms with Gasteiger partial charge < -0.3 is 5.32 Å². The predicted octanol–water partition coefficient (Wildman–Crippen LogP) is 3.31. The van der Waals surface area contributed by atoms with E-state index in [1.165, 1.54) is 0 Å². The van der Waals surface area contributed by atoms with Crippen LogP contribution in [0.5, 0.6) is 0 Å². The third kappa shape index (κ3) is 2.81. The molecule has 0 atom stereocenters. The van der Waals surface area contributed by atoms with Crippen molar-refractivity contribution in [1.82, 2.24) is 10.2 Å². The van der Waals surface area contributed by atoms with E-state index >= 15 is 0 Å². The van der Waals surface area contributed by atoms with E-state index in [4.69, 9.17) is 0 Å². The van der Waals surface area contributed by atoms with Gasteiger partial charge in [-0.2, -0.15) is 5.10 Å². The minimum absolute atomic E-state index is 0.122. The van der Waals surface area contributed by atoms with Crippen molar-refractivity contribution < 1.29 is 4.79 Å². The van der Waals surface area contributed by atoms with Crippen LogP contribution in [0.1, 0.15) is 27.2 Å². The van der Waals surface area contributed by atoms with Crippen LogP contribution in [0.25, 0.3) is 0 Å². The third-order valence-corrected chi connectivity index (χ3v) is 3.90. The summed E-state index contributed by atoms with van der Waals surface area (Å²) in [5, 5.41) is 9.80. The molecular weight excluding hydrogens is 258 g/mol. The van der Waals surface area contributed by atoms with E-state index in [2.05, 4.69) is 15.5 Å². The highest BCUT2D eigenvalue weighted by molar-refractivity contribution is 7.98. The lowest BCUT2D eigenvalue weighted by atomic mass is 10.1. The number of rotatable bonds is 3. The number of hydrogen-bond acceptors (Lipinski definition) is 3. The molecule has 19 heavy (non-hydrogen) atoms. The first-order valence-electron chi connectivity index (χ1n) is 6.00. The number of aromatic nitrogens is 2. The van der Waals surface area contributed by atoms with Crippen molar-refractivity contribution in [3.05, 3.63) is 40.6 Å². The molecule has 0 saturated carbocycles. The van der Waals surface area contributed by atoms with E-state index < -0.39 is 0 Å². The van der Waals surface area contributed by atoms with Crippen LogP contribution in [0, 0.1) is 20.8 Å².